The molecule has 0 unspecified atom stereocenters. The first kappa shape index (κ1) is 22.7. The number of hydrogen-bond donors (Lipinski definition) is 0. The van der Waals surface area contributed by atoms with Gasteiger partial charge in [0.2, 0.25) is 5.91 Å². The molecule has 166 valence electrons. The highest BCUT2D eigenvalue weighted by Gasteiger charge is 2.16. The van der Waals surface area contributed by atoms with Gasteiger partial charge in [0.1, 0.15) is 0 Å². The first-order valence-electron chi connectivity index (χ1n) is 10.8. The van der Waals surface area contributed by atoms with Gasteiger partial charge in [-0.25, -0.2) is 4.68 Å². The number of hydrogen-bond acceptors (Lipinski definition) is 3. The van der Waals surface area contributed by atoms with Gasteiger partial charge in [0.05, 0.1) is 12.2 Å². The van der Waals surface area contributed by atoms with Crippen molar-refractivity contribution in [2.75, 3.05) is 4.90 Å². The number of aromatic nitrogens is 2. The van der Waals surface area contributed by atoms with E-state index in [1.54, 1.807) is 11.0 Å². The molecule has 33 heavy (non-hydrogen) atoms. The molecule has 4 aromatic rings. The fourth-order valence-electron chi connectivity index (χ4n) is 3.60. The van der Waals surface area contributed by atoms with Crippen molar-refractivity contribution in [3.05, 3.63) is 117 Å². The van der Waals surface area contributed by atoms with Crippen LogP contribution in [0.4, 0.5) is 5.69 Å². The molecule has 1 amide bonds. The van der Waals surface area contributed by atoms with Crippen LogP contribution >= 0.6 is 15.9 Å². The standard InChI is InChI=1S/C27H24BrN3O2/c28-23-15-13-22(14-16-23)25-17-18-27(33)31(29-25)19-7-12-26(32)30(24-10-5-2-6-11-24)20-21-8-3-1-4-9-21/h1-6,8-11,13-18H,7,12,19-20H2. The quantitative estimate of drug-likeness (QED) is 0.311. The highest BCUT2D eigenvalue weighted by atomic mass is 79.9. The molecule has 0 spiro atoms. The highest BCUT2D eigenvalue weighted by Crippen LogP contribution is 2.20. The second-order valence-electron chi connectivity index (χ2n) is 7.69. The summed E-state index contributed by atoms with van der Waals surface area (Å²) in [6, 6.07) is 30.6. The molecule has 0 aliphatic heterocycles. The lowest BCUT2D eigenvalue weighted by molar-refractivity contribution is -0.118. The summed E-state index contributed by atoms with van der Waals surface area (Å²) in [6.07, 6.45) is 0.839. The zero-order valence-electron chi connectivity index (χ0n) is 18.1. The van der Waals surface area contributed by atoms with E-state index in [1.807, 2.05) is 84.9 Å². The number of carbonyl (C=O) groups is 1. The Bertz CT molecular complexity index is 1260. The Hall–Kier alpha value is -3.51. The van der Waals surface area contributed by atoms with Crippen LogP contribution in [0.2, 0.25) is 0 Å². The van der Waals surface area contributed by atoms with E-state index in [-0.39, 0.29) is 11.5 Å². The Morgan fingerprint density at radius 1 is 0.848 bits per heavy atom. The molecule has 0 atom stereocenters. The lowest BCUT2D eigenvalue weighted by Crippen LogP contribution is -2.31. The van der Waals surface area contributed by atoms with E-state index >= 15 is 0 Å². The fourth-order valence-corrected chi connectivity index (χ4v) is 3.86. The van der Waals surface area contributed by atoms with Gasteiger partial charge >= 0.3 is 0 Å². The summed E-state index contributed by atoms with van der Waals surface area (Å²) in [5.41, 5.74) is 3.41. The van der Waals surface area contributed by atoms with Crippen LogP contribution in [0.5, 0.6) is 0 Å². The average Bonchev–Trinajstić information content (AvgIpc) is 2.85. The molecule has 6 heteroatoms. The van der Waals surface area contributed by atoms with Crippen LogP contribution in [0.15, 0.2) is 106 Å². The van der Waals surface area contributed by atoms with Gasteiger partial charge in [-0.3, -0.25) is 9.59 Å². The molecule has 1 heterocycles. The molecule has 5 nitrogen and oxygen atoms in total. The van der Waals surface area contributed by atoms with Crippen LogP contribution in [0.3, 0.4) is 0 Å². The maximum Gasteiger partial charge on any atom is 0.266 e. The summed E-state index contributed by atoms with van der Waals surface area (Å²) in [5.74, 6) is 0.0159. The van der Waals surface area contributed by atoms with Gasteiger partial charge in [-0.2, -0.15) is 5.10 Å². The number of para-hydroxylation sites is 1. The Kier molecular flexibility index (Phi) is 7.47. The van der Waals surface area contributed by atoms with Gasteiger partial charge in [-0.05, 0) is 42.3 Å². The van der Waals surface area contributed by atoms with Crippen molar-refractivity contribution in [3.63, 3.8) is 0 Å². The number of amides is 1. The second kappa shape index (κ2) is 10.9. The molecule has 0 aliphatic rings. The maximum absolute atomic E-state index is 13.2. The molecule has 3 aromatic carbocycles. The normalized spacial score (nSPS) is 10.7. The third-order valence-electron chi connectivity index (χ3n) is 5.32. The van der Waals surface area contributed by atoms with E-state index < -0.39 is 0 Å². The van der Waals surface area contributed by atoms with Gasteiger partial charge in [0.25, 0.3) is 5.56 Å². The number of aryl methyl sites for hydroxylation is 1. The molecule has 0 N–H and O–H groups in total. The van der Waals surface area contributed by atoms with Crippen molar-refractivity contribution < 1.29 is 4.79 Å². The molecular formula is C27H24BrN3O2. The summed E-state index contributed by atoms with van der Waals surface area (Å²) >= 11 is 3.43. The first-order valence-corrected chi connectivity index (χ1v) is 11.6. The van der Waals surface area contributed by atoms with Crippen LogP contribution in [-0.2, 0) is 17.9 Å². The molecule has 0 saturated carbocycles. The third kappa shape index (κ3) is 6.05. The minimum Gasteiger partial charge on any atom is -0.308 e. The Morgan fingerprint density at radius 3 is 2.21 bits per heavy atom. The zero-order valence-corrected chi connectivity index (χ0v) is 19.7. The lowest BCUT2D eigenvalue weighted by Gasteiger charge is -2.23. The summed E-state index contributed by atoms with van der Waals surface area (Å²) in [6.45, 7) is 0.879. The predicted octanol–water partition coefficient (Wildman–Crippen LogP) is 5.69. The Balaban J connectivity index is 1.45. The molecule has 0 fully saturated rings. The number of rotatable bonds is 8. The van der Waals surface area contributed by atoms with Gasteiger partial charge in [0, 0.05) is 34.8 Å². The number of carbonyl (C=O) groups excluding carboxylic acids is 1. The Labute approximate surface area is 201 Å². The molecular weight excluding hydrogens is 478 g/mol. The first-order chi connectivity index (χ1) is 16.1. The van der Waals surface area contributed by atoms with Crippen molar-refractivity contribution in [2.24, 2.45) is 0 Å². The van der Waals surface area contributed by atoms with E-state index in [4.69, 9.17) is 0 Å². The summed E-state index contributed by atoms with van der Waals surface area (Å²) < 4.78 is 2.42. The van der Waals surface area contributed by atoms with Crippen LogP contribution in [0.1, 0.15) is 18.4 Å². The summed E-state index contributed by atoms with van der Waals surface area (Å²) in [5, 5.41) is 4.50. The number of anilines is 1. The van der Waals surface area contributed by atoms with E-state index in [0.717, 1.165) is 27.0 Å². The molecule has 0 saturated heterocycles. The third-order valence-corrected chi connectivity index (χ3v) is 5.85. The molecule has 0 bridgehead atoms. The topological polar surface area (TPSA) is 55.2 Å². The highest BCUT2D eigenvalue weighted by molar-refractivity contribution is 9.10. The molecule has 4 rings (SSSR count). The van der Waals surface area contributed by atoms with Crippen LogP contribution in [0, 0.1) is 0 Å². The van der Waals surface area contributed by atoms with Crippen LogP contribution in [-0.4, -0.2) is 15.7 Å². The van der Waals surface area contributed by atoms with Crippen LogP contribution in [0.25, 0.3) is 11.3 Å². The van der Waals surface area contributed by atoms with Crippen molar-refractivity contribution >= 4 is 27.5 Å². The van der Waals surface area contributed by atoms with E-state index in [2.05, 4.69) is 21.0 Å². The van der Waals surface area contributed by atoms with Gasteiger partial charge in [-0.15, -0.1) is 0 Å². The van der Waals surface area contributed by atoms with Gasteiger partial charge < -0.3 is 4.90 Å². The van der Waals surface area contributed by atoms with Crippen molar-refractivity contribution in [3.8, 4) is 11.3 Å². The largest absolute Gasteiger partial charge is 0.308 e. The zero-order chi connectivity index (χ0) is 23.0. The summed E-state index contributed by atoms with van der Waals surface area (Å²) in [4.78, 5) is 27.3. The smallest absolute Gasteiger partial charge is 0.266 e. The average molecular weight is 502 g/mol. The molecule has 0 radical (unpaired) electrons. The number of benzene rings is 3. The van der Waals surface area contributed by atoms with Crippen molar-refractivity contribution in [2.45, 2.75) is 25.9 Å². The number of nitrogens with zero attached hydrogens (tertiary/aromatic N) is 3. The number of halogens is 1. The predicted molar refractivity (Wildman–Crippen MR) is 135 cm³/mol. The minimum atomic E-state index is -0.174. The van der Waals surface area contributed by atoms with Gasteiger partial charge in [-0.1, -0.05) is 76.6 Å². The summed E-state index contributed by atoms with van der Waals surface area (Å²) in [7, 11) is 0. The van der Waals surface area contributed by atoms with Crippen LogP contribution < -0.4 is 10.5 Å². The van der Waals surface area contributed by atoms with Crippen molar-refractivity contribution in [1.82, 2.24) is 9.78 Å². The minimum absolute atomic E-state index is 0.0159. The van der Waals surface area contributed by atoms with E-state index in [1.165, 1.54) is 10.7 Å². The maximum atomic E-state index is 13.2. The second-order valence-corrected chi connectivity index (χ2v) is 8.61. The SMILES string of the molecule is O=C(CCCn1nc(-c2ccc(Br)cc2)ccc1=O)N(Cc1ccccc1)c1ccccc1. The molecule has 1 aromatic heterocycles. The van der Waals surface area contributed by atoms with Crippen molar-refractivity contribution in [1.29, 1.82) is 0 Å². The van der Waals surface area contributed by atoms with E-state index in [0.29, 0.717) is 25.9 Å². The van der Waals surface area contributed by atoms with Gasteiger partial charge in [0.15, 0.2) is 0 Å². The Morgan fingerprint density at radius 2 is 1.52 bits per heavy atom. The fraction of sp³-hybridized carbons (Fsp3) is 0.148. The molecule has 0 aliphatic carbocycles. The van der Waals surface area contributed by atoms with E-state index in [9.17, 15) is 9.59 Å². The monoisotopic (exact) mass is 501 g/mol. The lowest BCUT2D eigenvalue weighted by atomic mass is 10.1.